The molecule has 26 heavy (non-hydrogen) atoms. The number of amides is 1. The predicted molar refractivity (Wildman–Crippen MR) is 101 cm³/mol. The van der Waals surface area contributed by atoms with E-state index in [0.29, 0.717) is 5.69 Å². The third-order valence-electron chi connectivity index (χ3n) is 4.41. The van der Waals surface area contributed by atoms with E-state index < -0.39 is 6.04 Å². The lowest BCUT2D eigenvalue weighted by molar-refractivity contribution is -0.119. The van der Waals surface area contributed by atoms with Gasteiger partial charge in [0.15, 0.2) is 0 Å². The summed E-state index contributed by atoms with van der Waals surface area (Å²) in [6.45, 7) is 5.59. The number of carbonyl (C=O) groups is 1. The van der Waals surface area contributed by atoms with Crippen molar-refractivity contribution >= 4 is 11.6 Å². The molecule has 0 aliphatic heterocycles. The zero-order valence-corrected chi connectivity index (χ0v) is 14.9. The average molecular weight is 348 g/mol. The van der Waals surface area contributed by atoms with Gasteiger partial charge in [0.2, 0.25) is 5.91 Å². The third-order valence-corrected chi connectivity index (χ3v) is 4.41. The van der Waals surface area contributed by atoms with Gasteiger partial charge in [-0.25, -0.2) is 4.68 Å². The lowest BCUT2D eigenvalue weighted by atomic mass is 10.1. The molecule has 1 N–H and O–H groups in total. The molecule has 1 aromatic carbocycles. The van der Waals surface area contributed by atoms with Gasteiger partial charge in [0, 0.05) is 29.7 Å². The highest BCUT2D eigenvalue weighted by Crippen LogP contribution is 2.20. The summed E-state index contributed by atoms with van der Waals surface area (Å²) >= 11 is 0. The van der Waals surface area contributed by atoms with Crippen LogP contribution in [0.15, 0.2) is 59.7 Å². The highest BCUT2D eigenvalue weighted by atomic mass is 16.2. The van der Waals surface area contributed by atoms with Crippen molar-refractivity contribution in [2.24, 2.45) is 0 Å². The molecule has 6 heteroatoms. The van der Waals surface area contributed by atoms with Gasteiger partial charge in [0.1, 0.15) is 6.04 Å². The standard InChI is InChI=1S/C20H20N4O2/c1-13-5-4-6-17(14(13)2)22-20(26)15(3)24-19(25)8-7-18(23-24)16-9-11-21-12-10-16/h4-12,15H,1-3H3,(H,22,26). The molecule has 6 nitrogen and oxygen atoms in total. The zero-order valence-electron chi connectivity index (χ0n) is 14.9. The van der Waals surface area contributed by atoms with Crippen molar-refractivity contribution in [3.05, 3.63) is 76.3 Å². The van der Waals surface area contributed by atoms with Gasteiger partial charge in [-0.05, 0) is 56.2 Å². The van der Waals surface area contributed by atoms with E-state index in [1.165, 1.54) is 10.7 Å². The fourth-order valence-electron chi connectivity index (χ4n) is 2.61. The van der Waals surface area contributed by atoms with Crippen LogP contribution in [-0.2, 0) is 4.79 Å². The topological polar surface area (TPSA) is 76.9 Å². The fourth-order valence-corrected chi connectivity index (χ4v) is 2.61. The van der Waals surface area contributed by atoms with E-state index in [1.807, 2.05) is 32.0 Å². The smallest absolute Gasteiger partial charge is 0.267 e. The number of carbonyl (C=O) groups excluding carboxylic acids is 1. The number of rotatable bonds is 4. The molecule has 0 radical (unpaired) electrons. The molecule has 0 saturated heterocycles. The number of aromatic nitrogens is 3. The summed E-state index contributed by atoms with van der Waals surface area (Å²) in [7, 11) is 0. The van der Waals surface area contributed by atoms with Crippen LogP contribution in [0.5, 0.6) is 0 Å². The van der Waals surface area contributed by atoms with Gasteiger partial charge in [0.25, 0.3) is 5.56 Å². The third kappa shape index (κ3) is 3.54. The maximum atomic E-state index is 12.7. The molecule has 2 aromatic heterocycles. The largest absolute Gasteiger partial charge is 0.324 e. The molecule has 3 aromatic rings. The van der Waals surface area contributed by atoms with Crippen LogP contribution in [0.2, 0.25) is 0 Å². The Morgan fingerprint density at radius 1 is 1.08 bits per heavy atom. The number of hydrogen-bond acceptors (Lipinski definition) is 4. The van der Waals surface area contributed by atoms with Gasteiger partial charge < -0.3 is 5.32 Å². The number of hydrogen-bond donors (Lipinski definition) is 1. The molecule has 3 rings (SSSR count). The van der Waals surface area contributed by atoms with Crippen molar-refractivity contribution in [2.45, 2.75) is 26.8 Å². The molecule has 0 fully saturated rings. The number of benzene rings is 1. The summed E-state index contributed by atoms with van der Waals surface area (Å²) < 4.78 is 1.20. The van der Waals surface area contributed by atoms with Crippen molar-refractivity contribution in [2.75, 3.05) is 5.32 Å². The summed E-state index contributed by atoms with van der Waals surface area (Å²) in [4.78, 5) is 28.9. The van der Waals surface area contributed by atoms with Crippen LogP contribution < -0.4 is 10.9 Å². The minimum atomic E-state index is -0.746. The minimum absolute atomic E-state index is 0.292. The van der Waals surface area contributed by atoms with Crippen molar-refractivity contribution in [3.8, 4) is 11.3 Å². The van der Waals surface area contributed by atoms with Gasteiger partial charge in [-0.1, -0.05) is 12.1 Å². The Balaban J connectivity index is 1.89. The Morgan fingerprint density at radius 2 is 1.81 bits per heavy atom. The van der Waals surface area contributed by atoms with E-state index >= 15 is 0 Å². The fraction of sp³-hybridized carbons (Fsp3) is 0.200. The number of nitrogens with one attached hydrogen (secondary N) is 1. The Bertz CT molecular complexity index is 996. The molecule has 1 atom stereocenters. The van der Waals surface area contributed by atoms with Gasteiger partial charge in [-0.3, -0.25) is 14.6 Å². The average Bonchev–Trinajstić information content (AvgIpc) is 2.66. The highest BCUT2D eigenvalue weighted by molar-refractivity contribution is 5.94. The molecule has 0 aliphatic carbocycles. The normalized spacial score (nSPS) is 11.8. The molecule has 2 heterocycles. The monoisotopic (exact) mass is 348 g/mol. The van der Waals surface area contributed by atoms with Crippen LogP contribution in [0.3, 0.4) is 0 Å². The summed E-state index contributed by atoms with van der Waals surface area (Å²) in [6.07, 6.45) is 3.31. The number of nitrogens with zero attached hydrogens (tertiary/aromatic N) is 3. The van der Waals surface area contributed by atoms with Crippen LogP contribution in [0.1, 0.15) is 24.1 Å². The van der Waals surface area contributed by atoms with E-state index in [2.05, 4.69) is 15.4 Å². The first kappa shape index (κ1) is 17.5. The molecule has 0 bridgehead atoms. The molecule has 0 aliphatic rings. The molecule has 1 amide bonds. The van der Waals surface area contributed by atoms with Crippen molar-refractivity contribution < 1.29 is 4.79 Å². The predicted octanol–water partition coefficient (Wildman–Crippen LogP) is 3.12. The summed E-state index contributed by atoms with van der Waals surface area (Å²) in [5.41, 5.74) is 3.94. The lowest BCUT2D eigenvalue weighted by Crippen LogP contribution is -2.33. The van der Waals surface area contributed by atoms with Crippen molar-refractivity contribution in [3.63, 3.8) is 0 Å². The first-order valence-corrected chi connectivity index (χ1v) is 8.34. The Morgan fingerprint density at radius 3 is 2.54 bits per heavy atom. The van der Waals surface area contributed by atoms with Crippen molar-refractivity contribution in [1.82, 2.24) is 14.8 Å². The SMILES string of the molecule is Cc1cccc(NC(=O)C(C)n2nc(-c3ccncc3)ccc2=O)c1C. The molecule has 0 spiro atoms. The van der Waals surface area contributed by atoms with E-state index in [-0.39, 0.29) is 11.5 Å². The van der Waals surface area contributed by atoms with Gasteiger partial charge in [-0.2, -0.15) is 5.10 Å². The van der Waals surface area contributed by atoms with E-state index in [0.717, 1.165) is 22.4 Å². The van der Waals surface area contributed by atoms with Crippen LogP contribution >= 0.6 is 0 Å². The van der Waals surface area contributed by atoms with Crippen LogP contribution in [0.25, 0.3) is 11.3 Å². The summed E-state index contributed by atoms with van der Waals surface area (Å²) in [5, 5.41) is 7.25. The lowest BCUT2D eigenvalue weighted by Gasteiger charge is -2.16. The highest BCUT2D eigenvalue weighted by Gasteiger charge is 2.19. The number of pyridine rings is 1. The Kier molecular flexibility index (Phi) is 4.93. The van der Waals surface area contributed by atoms with E-state index in [4.69, 9.17) is 0 Å². The Hall–Kier alpha value is -3.28. The molecular weight excluding hydrogens is 328 g/mol. The molecular formula is C20H20N4O2. The quantitative estimate of drug-likeness (QED) is 0.786. The van der Waals surface area contributed by atoms with Crippen LogP contribution in [0, 0.1) is 13.8 Å². The zero-order chi connectivity index (χ0) is 18.7. The molecule has 132 valence electrons. The van der Waals surface area contributed by atoms with Gasteiger partial charge in [-0.15, -0.1) is 0 Å². The molecule has 0 saturated carbocycles. The first-order valence-electron chi connectivity index (χ1n) is 8.34. The second-order valence-corrected chi connectivity index (χ2v) is 6.15. The van der Waals surface area contributed by atoms with Crippen LogP contribution in [0.4, 0.5) is 5.69 Å². The van der Waals surface area contributed by atoms with Crippen LogP contribution in [-0.4, -0.2) is 20.7 Å². The number of aryl methyl sites for hydroxylation is 1. The van der Waals surface area contributed by atoms with Gasteiger partial charge >= 0.3 is 0 Å². The summed E-state index contributed by atoms with van der Waals surface area (Å²) in [5.74, 6) is -0.292. The summed E-state index contributed by atoms with van der Waals surface area (Å²) in [6, 6.07) is 11.6. The minimum Gasteiger partial charge on any atom is -0.324 e. The molecule has 1 unspecified atom stereocenters. The second-order valence-electron chi connectivity index (χ2n) is 6.15. The van der Waals surface area contributed by atoms with E-state index in [9.17, 15) is 9.59 Å². The second kappa shape index (κ2) is 7.31. The van der Waals surface area contributed by atoms with Gasteiger partial charge in [0.05, 0.1) is 5.69 Å². The van der Waals surface area contributed by atoms with Crippen molar-refractivity contribution in [1.29, 1.82) is 0 Å². The maximum absolute atomic E-state index is 12.7. The van der Waals surface area contributed by atoms with E-state index in [1.54, 1.807) is 37.5 Å². The Labute approximate surface area is 151 Å². The first-order chi connectivity index (χ1) is 12.5. The number of anilines is 1. The maximum Gasteiger partial charge on any atom is 0.267 e.